The Morgan fingerprint density at radius 1 is 1.00 bits per heavy atom. The standard InChI is InChI=1S/C22H23ClN2O3/c23-12-8-6-11(7-9-12)19-18-14-10-15(20(18)28-24-19)17-16(14)21(26)25(22(17)27)13-4-2-1-3-5-13/h6-9,13-17,20,24H,1-5,10H2/t14-,15-,16-,17+,20-/m0/s1. The molecule has 0 spiro atoms. The number of halogens is 1. The number of nitrogens with one attached hydrogen (secondary N) is 1. The van der Waals surface area contributed by atoms with Crippen molar-refractivity contribution in [1.29, 1.82) is 0 Å². The van der Waals surface area contributed by atoms with Crippen molar-refractivity contribution in [2.75, 3.05) is 0 Å². The molecule has 5 atom stereocenters. The molecule has 3 saturated carbocycles. The van der Waals surface area contributed by atoms with Crippen molar-refractivity contribution >= 4 is 29.1 Å². The van der Waals surface area contributed by atoms with Gasteiger partial charge in [-0.25, -0.2) is 0 Å². The van der Waals surface area contributed by atoms with Gasteiger partial charge in [0.25, 0.3) is 0 Å². The van der Waals surface area contributed by atoms with E-state index in [-0.39, 0.29) is 47.6 Å². The van der Waals surface area contributed by atoms with Gasteiger partial charge in [0.05, 0.1) is 17.5 Å². The molecule has 1 aromatic rings. The molecule has 5 nitrogen and oxygen atoms in total. The van der Waals surface area contributed by atoms with Crippen LogP contribution in [0.4, 0.5) is 0 Å². The van der Waals surface area contributed by atoms with Gasteiger partial charge in [0, 0.05) is 22.5 Å². The van der Waals surface area contributed by atoms with Gasteiger partial charge in [0.15, 0.2) is 0 Å². The summed E-state index contributed by atoms with van der Waals surface area (Å²) in [5.74, 6) is -0.0474. The summed E-state index contributed by atoms with van der Waals surface area (Å²) in [6.07, 6.45) is 6.16. The summed E-state index contributed by atoms with van der Waals surface area (Å²) in [5, 5.41) is 0.692. The van der Waals surface area contributed by atoms with Crippen LogP contribution in [0.25, 0.3) is 5.70 Å². The van der Waals surface area contributed by atoms with Gasteiger partial charge < -0.3 is 0 Å². The average molecular weight is 399 g/mol. The Balaban J connectivity index is 1.37. The summed E-state index contributed by atoms with van der Waals surface area (Å²) in [4.78, 5) is 34.2. The molecular weight excluding hydrogens is 376 g/mol. The van der Waals surface area contributed by atoms with E-state index in [4.69, 9.17) is 16.4 Å². The van der Waals surface area contributed by atoms with E-state index in [1.807, 2.05) is 24.3 Å². The van der Waals surface area contributed by atoms with Crippen molar-refractivity contribution in [2.24, 2.45) is 23.7 Å². The Kier molecular flexibility index (Phi) is 3.70. The molecule has 2 amide bonds. The third-order valence-electron chi connectivity index (χ3n) is 7.60. The van der Waals surface area contributed by atoms with Crippen LogP contribution >= 0.6 is 11.6 Å². The first-order chi connectivity index (χ1) is 13.6. The minimum Gasteiger partial charge on any atom is -0.279 e. The highest BCUT2D eigenvalue weighted by molar-refractivity contribution is 6.30. The Morgan fingerprint density at radius 2 is 1.71 bits per heavy atom. The fraction of sp³-hybridized carbons (Fsp3) is 0.545. The predicted molar refractivity (Wildman–Crippen MR) is 104 cm³/mol. The van der Waals surface area contributed by atoms with E-state index in [9.17, 15) is 9.59 Å². The van der Waals surface area contributed by atoms with Gasteiger partial charge in [-0.3, -0.25) is 24.8 Å². The van der Waals surface area contributed by atoms with Crippen molar-refractivity contribution in [3.05, 3.63) is 40.4 Å². The molecule has 0 radical (unpaired) electrons. The summed E-state index contributed by atoms with van der Waals surface area (Å²) < 4.78 is 0. The highest BCUT2D eigenvalue weighted by Gasteiger charge is 2.68. The van der Waals surface area contributed by atoms with E-state index in [1.54, 1.807) is 4.90 Å². The largest absolute Gasteiger partial charge is 0.279 e. The number of nitrogens with zero attached hydrogens (tertiary/aromatic N) is 1. The SMILES string of the molecule is O=C1[C@@H]2[C@@H]3C[C@H](C4=C(c5ccc(Cl)cc5)NO[C@H]43)[C@@H]2C(=O)N1C1CCCCC1. The van der Waals surface area contributed by atoms with E-state index in [0.717, 1.165) is 43.4 Å². The molecule has 2 bridgehead atoms. The highest BCUT2D eigenvalue weighted by Crippen LogP contribution is 2.62. The molecule has 146 valence electrons. The number of carbonyl (C=O) groups excluding carboxylic acids is 2. The van der Waals surface area contributed by atoms with Crippen LogP contribution in [0.5, 0.6) is 0 Å². The van der Waals surface area contributed by atoms with Crippen LogP contribution in [0.1, 0.15) is 44.1 Å². The minimum absolute atomic E-state index is 0.0667. The van der Waals surface area contributed by atoms with Gasteiger partial charge >= 0.3 is 0 Å². The highest BCUT2D eigenvalue weighted by atomic mass is 35.5. The first kappa shape index (κ1) is 17.0. The zero-order valence-corrected chi connectivity index (χ0v) is 16.3. The lowest BCUT2D eigenvalue weighted by molar-refractivity contribution is -0.144. The number of rotatable bonds is 2. The van der Waals surface area contributed by atoms with Crippen molar-refractivity contribution < 1.29 is 14.4 Å². The molecule has 1 saturated heterocycles. The van der Waals surface area contributed by atoms with Crippen molar-refractivity contribution in [1.82, 2.24) is 10.4 Å². The number of likely N-dealkylation sites (tertiary alicyclic amines) is 1. The van der Waals surface area contributed by atoms with Crippen molar-refractivity contribution in [3.63, 3.8) is 0 Å². The summed E-state index contributed by atoms with van der Waals surface area (Å²) in [6.45, 7) is 0. The van der Waals surface area contributed by atoms with Crippen LogP contribution in [-0.4, -0.2) is 28.9 Å². The second-order valence-electron chi connectivity index (χ2n) is 8.87. The smallest absolute Gasteiger partial charge is 0.233 e. The van der Waals surface area contributed by atoms with Crippen LogP contribution in [0.3, 0.4) is 0 Å². The van der Waals surface area contributed by atoms with Gasteiger partial charge in [0.1, 0.15) is 6.10 Å². The molecule has 28 heavy (non-hydrogen) atoms. The summed E-state index contributed by atoms with van der Waals surface area (Å²) in [6, 6.07) is 7.79. The first-order valence-electron chi connectivity index (χ1n) is 10.4. The van der Waals surface area contributed by atoms with E-state index in [1.165, 1.54) is 12.0 Å². The number of amides is 2. The second-order valence-corrected chi connectivity index (χ2v) is 9.31. The Bertz CT molecular complexity index is 890. The molecule has 6 rings (SSSR count). The quantitative estimate of drug-likeness (QED) is 0.774. The van der Waals surface area contributed by atoms with E-state index >= 15 is 0 Å². The zero-order chi connectivity index (χ0) is 19.0. The van der Waals surface area contributed by atoms with Gasteiger partial charge in [-0.05, 0) is 42.9 Å². The van der Waals surface area contributed by atoms with Crippen molar-refractivity contribution in [2.45, 2.75) is 50.7 Å². The number of benzene rings is 1. The number of carbonyl (C=O) groups is 2. The molecule has 2 heterocycles. The number of fused-ring (bicyclic) bond motifs is 8. The topological polar surface area (TPSA) is 58.6 Å². The van der Waals surface area contributed by atoms with Gasteiger partial charge in [0.2, 0.25) is 11.8 Å². The van der Waals surface area contributed by atoms with Gasteiger partial charge in [-0.2, -0.15) is 0 Å². The van der Waals surface area contributed by atoms with Crippen LogP contribution in [0.15, 0.2) is 29.8 Å². The van der Waals surface area contributed by atoms with Gasteiger partial charge in [-0.1, -0.05) is 43.0 Å². The van der Waals surface area contributed by atoms with Crippen LogP contribution in [0, 0.1) is 23.7 Å². The molecule has 0 unspecified atom stereocenters. The fourth-order valence-electron chi connectivity index (χ4n) is 6.47. The van der Waals surface area contributed by atoms with Crippen molar-refractivity contribution in [3.8, 4) is 0 Å². The summed E-state index contributed by atoms with van der Waals surface area (Å²) >= 11 is 6.04. The molecule has 0 aromatic heterocycles. The predicted octanol–water partition coefficient (Wildman–Crippen LogP) is 3.54. The molecule has 3 aliphatic carbocycles. The second kappa shape index (κ2) is 6.07. The van der Waals surface area contributed by atoms with Crippen LogP contribution < -0.4 is 5.48 Å². The number of hydrogen-bond donors (Lipinski definition) is 1. The lowest BCUT2D eigenvalue weighted by atomic mass is 9.76. The molecule has 2 aliphatic heterocycles. The lowest BCUT2D eigenvalue weighted by Crippen LogP contribution is -2.43. The molecular formula is C22H23ClN2O3. The molecule has 1 aromatic carbocycles. The average Bonchev–Trinajstić information content (AvgIpc) is 3.44. The number of hydrogen-bond acceptors (Lipinski definition) is 4. The summed E-state index contributed by atoms with van der Waals surface area (Å²) in [5.41, 5.74) is 6.25. The lowest BCUT2D eigenvalue weighted by Gasteiger charge is -2.30. The van der Waals surface area contributed by atoms with Crippen LogP contribution in [0.2, 0.25) is 5.02 Å². The number of hydroxylamine groups is 1. The molecule has 4 fully saturated rings. The van der Waals surface area contributed by atoms with Crippen LogP contribution in [-0.2, 0) is 14.4 Å². The maximum Gasteiger partial charge on any atom is 0.233 e. The molecule has 1 N–H and O–H groups in total. The Labute approximate surface area is 169 Å². The molecule has 6 heteroatoms. The Morgan fingerprint density at radius 3 is 2.46 bits per heavy atom. The number of imide groups is 1. The maximum atomic E-state index is 13.4. The summed E-state index contributed by atoms with van der Waals surface area (Å²) in [7, 11) is 0. The zero-order valence-electron chi connectivity index (χ0n) is 15.6. The van der Waals surface area contributed by atoms with E-state index < -0.39 is 0 Å². The normalized spacial score (nSPS) is 36.9. The minimum atomic E-state index is -0.198. The Hall–Kier alpha value is -1.85. The maximum absolute atomic E-state index is 13.4. The molecule has 5 aliphatic rings. The third kappa shape index (κ3) is 2.17. The van der Waals surface area contributed by atoms with E-state index in [2.05, 4.69) is 5.48 Å². The fourth-order valence-corrected chi connectivity index (χ4v) is 6.60. The van der Waals surface area contributed by atoms with Gasteiger partial charge in [-0.15, -0.1) is 0 Å². The first-order valence-corrected chi connectivity index (χ1v) is 10.8. The monoisotopic (exact) mass is 398 g/mol. The van der Waals surface area contributed by atoms with E-state index in [0.29, 0.717) is 5.02 Å². The third-order valence-corrected chi connectivity index (χ3v) is 7.85.